The summed E-state index contributed by atoms with van der Waals surface area (Å²) in [6, 6.07) is 11.7. The van der Waals surface area contributed by atoms with Crippen molar-refractivity contribution in [2.45, 2.75) is 88.8 Å². The van der Waals surface area contributed by atoms with Crippen LogP contribution in [0.2, 0.25) is 0 Å². The highest BCUT2D eigenvalue weighted by atomic mass is 32.2. The molecule has 0 aliphatic heterocycles. The Morgan fingerprint density at radius 3 is 2.44 bits per heavy atom. The van der Waals surface area contributed by atoms with Gasteiger partial charge in [0.05, 0.1) is 36.6 Å². The van der Waals surface area contributed by atoms with E-state index in [1.165, 1.54) is 0 Å². The van der Waals surface area contributed by atoms with Crippen LogP contribution in [0, 0.1) is 0 Å². The zero-order valence-electron chi connectivity index (χ0n) is 23.9. The van der Waals surface area contributed by atoms with Crippen LogP contribution in [-0.4, -0.2) is 42.2 Å². The van der Waals surface area contributed by atoms with Gasteiger partial charge in [-0.25, -0.2) is 27.9 Å². The van der Waals surface area contributed by atoms with E-state index in [0.29, 0.717) is 5.56 Å². The maximum absolute atomic E-state index is 13.7. The highest BCUT2D eigenvalue weighted by Crippen LogP contribution is 2.40. The van der Waals surface area contributed by atoms with Gasteiger partial charge in [0.15, 0.2) is 0 Å². The number of ether oxygens (including phenoxy) is 1. The van der Waals surface area contributed by atoms with Crippen LogP contribution >= 0.6 is 22.7 Å². The minimum absolute atomic E-state index is 0.0916. The first-order valence-electron chi connectivity index (χ1n) is 13.8. The molecule has 5 rings (SSSR count). The number of thiazole rings is 2. The highest BCUT2D eigenvalue weighted by Gasteiger charge is 2.29. The number of carbonyl (C=O) groups is 1. The summed E-state index contributed by atoms with van der Waals surface area (Å²) in [4.78, 5) is 22.1. The van der Waals surface area contributed by atoms with Crippen LogP contribution in [-0.2, 0) is 14.8 Å². The third-order valence-corrected chi connectivity index (χ3v) is 10.7. The molecule has 0 spiro atoms. The number of aromatic nitrogens is 2. The molecule has 0 unspecified atom stereocenters. The van der Waals surface area contributed by atoms with Gasteiger partial charge in [0.1, 0.15) is 0 Å². The van der Waals surface area contributed by atoms with E-state index >= 15 is 0 Å². The quantitative estimate of drug-likeness (QED) is 0.226. The molecule has 11 heteroatoms. The Hall–Kier alpha value is -2.86. The number of fused-ring (bicyclic) bond motifs is 1. The Balaban J connectivity index is 1.42. The summed E-state index contributed by atoms with van der Waals surface area (Å²) in [5, 5.41) is 3.96. The molecular formula is C30H36N4O4S3. The van der Waals surface area contributed by atoms with Crippen LogP contribution in [0.4, 0.5) is 4.79 Å². The fourth-order valence-corrected chi connectivity index (χ4v) is 8.69. The fraction of sp³-hybridized carbons (Fsp3) is 0.433. The predicted molar refractivity (Wildman–Crippen MR) is 166 cm³/mol. The Morgan fingerprint density at radius 2 is 1.73 bits per heavy atom. The molecule has 218 valence electrons. The third kappa shape index (κ3) is 7.14. The van der Waals surface area contributed by atoms with Crippen molar-refractivity contribution < 1.29 is 17.9 Å². The van der Waals surface area contributed by atoms with Gasteiger partial charge < -0.3 is 10.1 Å². The predicted octanol–water partition coefficient (Wildman–Crippen LogP) is 7.32. The molecule has 0 radical (unpaired) electrons. The van der Waals surface area contributed by atoms with Gasteiger partial charge in [0.2, 0.25) is 10.0 Å². The Morgan fingerprint density at radius 1 is 1.02 bits per heavy atom. The summed E-state index contributed by atoms with van der Waals surface area (Å²) in [6.07, 6.45) is 4.77. The zero-order chi connectivity index (χ0) is 29.4. The zero-order valence-corrected chi connectivity index (χ0v) is 26.4. The maximum atomic E-state index is 13.7. The molecule has 1 aliphatic carbocycles. The second-order valence-corrected chi connectivity index (χ2v) is 15.4. The van der Waals surface area contributed by atoms with Crippen LogP contribution in [0.3, 0.4) is 0 Å². The van der Waals surface area contributed by atoms with Gasteiger partial charge in [-0.3, -0.25) is 0 Å². The molecule has 1 amide bonds. The summed E-state index contributed by atoms with van der Waals surface area (Å²) >= 11 is 3.11. The van der Waals surface area contributed by atoms with Crippen LogP contribution in [0.5, 0.6) is 0 Å². The van der Waals surface area contributed by atoms with Crippen LogP contribution in [0.1, 0.15) is 71.2 Å². The Labute approximate surface area is 249 Å². The van der Waals surface area contributed by atoms with E-state index in [4.69, 9.17) is 9.72 Å². The molecule has 1 fully saturated rings. The average molecular weight is 613 g/mol. The van der Waals surface area contributed by atoms with Gasteiger partial charge in [-0.15, -0.1) is 22.7 Å². The molecule has 2 aromatic heterocycles. The lowest BCUT2D eigenvalue weighted by Crippen LogP contribution is -2.40. The number of nitrogens with one attached hydrogen (secondary N) is 2. The standard InChI is InChI=1S/C30H36N4O4S3/c1-18(2)38-29(35)33-22-10-6-19(7-11-22)28-31-16-26(40-28)23-12-8-21(15-27(23)41(36,37)34-30(3,4)5)20-9-13-24-25(14-20)39-17-32-24/h8-9,12-19,22,34H,6-7,10-11H2,1-5H3,(H,33,35)/t19-,22-. The van der Waals surface area contributed by atoms with Gasteiger partial charge in [-0.2, -0.15) is 0 Å². The second kappa shape index (κ2) is 11.8. The van der Waals surface area contributed by atoms with E-state index in [2.05, 4.69) is 15.0 Å². The summed E-state index contributed by atoms with van der Waals surface area (Å²) in [5.41, 5.74) is 4.50. The number of nitrogens with zero attached hydrogens (tertiary/aromatic N) is 2. The lowest BCUT2D eigenvalue weighted by Gasteiger charge is -2.28. The Kier molecular flexibility index (Phi) is 8.52. The molecule has 4 aromatic rings. The summed E-state index contributed by atoms with van der Waals surface area (Å²) in [5.74, 6) is 0.270. The minimum atomic E-state index is -3.84. The van der Waals surface area contributed by atoms with Gasteiger partial charge >= 0.3 is 6.09 Å². The summed E-state index contributed by atoms with van der Waals surface area (Å²) in [6.45, 7) is 9.18. The molecule has 1 saturated carbocycles. The topological polar surface area (TPSA) is 110 Å². The van der Waals surface area contributed by atoms with E-state index in [1.54, 1.807) is 34.9 Å². The smallest absolute Gasteiger partial charge is 0.407 e. The normalized spacial score (nSPS) is 18.1. The molecule has 0 atom stereocenters. The van der Waals surface area contributed by atoms with Crippen molar-refractivity contribution in [2.75, 3.05) is 0 Å². The highest BCUT2D eigenvalue weighted by molar-refractivity contribution is 7.89. The van der Waals surface area contributed by atoms with Crippen molar-refractivity contribution in [2.24, 2.45) is 0 Å². The number of hydrogen-bond acceptors (Lipinski definition) is 8. The molecule has 1 aliphatic rings. The monoisotopic (exact) mass is 612 g/mol. The molecule has 0 saturated heterocycles. The maximum Gasteiger partial charge on any atom is 0.407 e. The number of hydrogen-bond donors (Lipinski definition) is 2. The number of benzene rings is 2. The number of sulfonamides is 1. The lowest BCUT2D eigenvalue weighted by atomic mass is 9.86. The second-order valence-electron chi connectivity index (χ2n) is 11.8. The average Bonchev–Trinajstić information content (AvgIpc) is 3.56. The largest absolute Gasteiger partial charge is 0.447 e. The van der Waals surface area contributed by atoms with Crippen molar-refractivity contribution in [3.8, 4) is 21.6 Å². The van der Waals surface area contributed by atoms with Crippen molar-refractivity contribution in [3.05, 3.63) is 53.1 Å². The van der Waals surface area contributed by atoms with Crippen LogP contribution in [0.25, 0.3) is 31.8 Å². The summed E-state index contributed by atoms with van der Waals surface area (Å²) in [7, 11) is -3.84. The van der Waals surface area contributed by atoms with Crippen LogP contribution in [0.15, 0.2) is 53.0 Å². The molecule has 41 heavy (non-hydrogen) atoms. The van der Waals surface area contributed by atoms with Crippen LogP contribution < -0.4 is 10.0 Å². The van der Waals surface area contributed by atoms with Gasteiger partial charge in [-0.1, -0.05) is 18.2 Å². The van der Waals surface area contributed by atoms with Crippen molar-refractivity contribution in [1.82, 2.24) is 20.0 Å². The molecule has 2 N–H and O–H groups in total. The van der Waals surface area contributed by atoms with Gasteiger partial charge in [-0.05, 0) is 89.6 Å². The fourth-order valence-electron chi connectivity index (χ4n) is 5.12. The van der Waals surface area contributed by atoms with Crippen molar-refractivity contribution >= 4 is 49.0 Å². The van der Waals surface area contributed by atoms with Crippen molar-refractivity contribution in [1.29, 1.82) is 0 Å². The molecular weight excluding hydrogens is 577 g/mol. The Bertz CT molecular complexity index is 1650. The number of alkyl carbamates (subject to hydrolysis) is 1. The van der Waals surface area contributed by atoms with Crippen molar-refractivity contribution in [3.63, 3.8) is 0 Å². The third-order valence-electron chi connectivity index (χ3n) is 6.91. The molecule has 0 bridgehead atoms. The van der Waals surface area contributed by atoms with E-state index in [0.717, 1.165) is 56.9 Å². The first-order valence-corrected chi connectivity index (χ1v) is 17.0. The number of rotatable bonds is 7. The van der Waals surface area contributed by atoms with E-state index in [9.17, 15) is 13.2 Å². The van der Waals surface area contributed by atoms with Gasteiger partial charge in [0.25, 0.3) is 0 Å². The number of carbonyl (C=O) groups excluding carboxylic acids is 1. The lowest BCUT2D eigenvalue weighted by molar-refractivity contribution is 0.109. The molecule has 2 heterocycles. The first kappa shape index (κ1) is 29.6. The molecule has 2 aromatic carbocycles. The molecule has 8 nitrogen and oxygen atoms in total. The van der Waals surface area contributed by atoms with E-state index in [-0.39, 0.29) is 29.1 Å². The number of amides is 1. The summed E-state index contributed by atoms with van der Waals surface area (Å²) < 4.78 is 36.5. The van der Waals surface area contributed by atoms with E-state index < -0.39 is 15.6 Å². The van der Waals surface area contributed by atoms with Gasteiger partial charge in [0, 0.05) is 29.3 Å². The van der Waals surface area contributed by atoms with E-state index in [1.807, 2.05) is 70.5 Å². The first-order chi connectivity index (χ1) is 19.4. The SMILES string of the molecule is CC(C)OC(=O)N[C@H]1CC[C@H](c2ncc(-c3ccc(-c4ccc5ncsc5c4)cc3S(=O)(=O)NC(C)(C)C)s2)CC1. The minimum Gasteiger partial charge on any atom is -0.447 e.